The van der Waals surface area contributed by atoms with Crippen LogP contribution < -0.4 is 9.83 Å². The van der Waals surface area contributed by atoms with Crippen molar-refractivity contribution in [1.29, 1.82) is 0 Å². The van der Waals surface area contributed by atoms with Crippen LogP contribution in [0.4, 0.5) is 0 Å². The number of carboxylic acid groups (broad SMARTS) is 1. The molecule has 0 unspecified atom stereocenters. The summed E-state index contributed by atoms with van der Waals surface area (Å²) in [6, 6.07) is 5.72. The number of rotatable bonds is 4. The molecular weight excluding hydrogens is 302 g/mol. The molecule has 0 bridgehead atoms. The number of sulfonamides is 1. The molecule has 20 heavy (non-hydrogen) atoms. The van der Waals surface area contributed by atoms with Gasteiger partial charge in [0.15, 0.2) is 0 Å². The second kappa shape index (κ2) is 5.71. The van der Waals surface area contributed by atoms with Crippen LogP contribution in [0, 0.1) is 0 Å². The van der Waals surface area contributed by atoms with Crippen molar-refractivity contribution >= 4 is 27.6 Å². The molecule has 1 aliphatic carbocycles. The van der Waals surface area contributed by atoms with E-state index >= 15 is 0 Å². The summed E-state index contributed by atoms with van der Waals surface area (Å²) < 4.78 is 26.9. The highest BCUT2D eigenvalue weighted by Gasteiger charge is 2.37. The Morgan fingerprint density at radius 2 is 1.90 bits per heavy atom. The molecule has 7 heteroatoms. The van der Waals surface area contributed by atoms with Crippen molar-refractivity contribution in [3.05, 3.63) is 29.3 Å². The predicted octanol–water partition coefficient (Wildman–Crippen LogP) is 1.07. The summed E-state index contributed by atoms with van der Waals surface area (Å²) in [5.74, 6) is -1.37. The second-order valence-electron chi connectivity index (χ2n) is 4.99. The smallest absolute Gasteiger partial charge is 0.241 e. The summed E-state index contributed by atoms with van der Waals surface area (Å²) in [6.45, 7) is 0. The van der Waals surface area contributed by atoms with E-state index in [4.69, 9.17) is 11.6 Å². The van der Waals surface area contributed by atoms with Crippen molar-refractivity contribution < 1.29 is 18.3 Å². The fraction of sp³-hybridized carbons (Fsp3) is 0.462. The number of nitrogens with one attached hydrogen (secondary N) is 1. The zero-order valence-corrected chi connectivity index (χ0v) is 12.3. The molecule has 0 atom stereocenters. The second-order valence-corrected chi connectivity index (χ2v) is 7.11. The van der Waals surface area contributed by atoms with Crippen LogP contribution in [-0.2, 0) is 14.8 Å². The number of hydrogen-bond donors (Lipinski definition) is 1. The van der Waals surface area contributed by atoms with Gasteiger partial charge < -0.3 is 9.90 Å². The van der Waals surface area contributed by atoms with Gasteiger partial charge in [-0.15, -0.1) is 0 Å². The molecule has 1 N–H and O–H groups in total. The quantitative estimate of drug-likeness (QED) is 0.900. The van der Waals surface area contributed by atoms with Gasteiger partial charge in [0.1, 0.15) is 0 Å². The lowest BCUT2D eigenvalue weighted by Crippen LogP contribution is -2.60. The first-order valence-corrected chi connectivity index (χ1v) is 8.23. The van der Waals surface area contributed by atoms with E-state index in [-0.39, 0.29) is 22.8 Å². The Hall–Kier alpha value is -1.11. The van der Waals surface area contributed by atoms with Crippen molar-refractivity contribution in [2.24, 2.45) is 0 Å². The first kappa shape index (κ1) is 15.3. The van der Waals surface area contributed by atoms with Crippen molar-refractivity contribution in [1.82, 2.24) is 4.72 Å². The number of hydrogen-bond acceptors (Lipinski definition) is 4. The molecule has 1 fully saturated rings. The summed E-state index contributed by atoms with van der Waals surface area (Å²) in [5.41, 5.74) is -1.51. The number of carbonyl (C=O) groups excluding carboxylic acids is 1. The normalized spacial score (nSPS) is 18.6. The van der Waals surface area contributed by atoms with Crippen LogP contribution in [0.2, 0.25) is 5.02 Å². The summed E-state index contributed by atoms with van der Waals surface area (Å²) in [6.07, 6.45) is 2.70. The lowest BCUT2D eigenvalue weighted by Gasteiger charge is -2.38. The molecule has 1 aromatic carbocycles. The molecule has 2 rings (SSSR count). The Balaban J connectivity index is 2.32. The van der Waals surface area contributed by atoms with E-state index in [2.05, 4.69) is 4.72 Å². The van der Waals surface area contributed by atoms with Crippen LogP contribution in [0.3, 0.4) is 0 Å². The third-order valence-corrected chi connectivity index (χ3v) is 5.30. The zero-order chi connectivity index (χ0) is 14.8. The highest BCUT2D eigenvalue weighted by molar-refractivity contribution is 7.89. The van der Waals surface area contributed by atoms with E-state index in [0.29, 0.717) is 12.8 Å². The Labute approximate surface area is 123 Å². The molecule has 0 radical (unpaired) electrons. The van der Waals surface area contributed by atoms with E-state index < -0.39 is 21.5 Å². The summed E-state index contributed by atoms with van der Waals surface area (Å²) in [4.78, 5) is 11.3. The maximum absolute atomic E-state index is 12.3. The maximum atomic E-state index is 12.3. The van der Waals surface area contributed by atoms with Gasteiger partial charge in [-0.3, -0.25) is 0 Å². The van der Waals surface area contributed by atoms with Crippen LogP contribution >= 0.6 is 11.6 Å². The molecule has 110 valence electrons. The largest absolute Gasteiger partial charge is 0.548 e. The van der Waals surface area contributed by atoms with Crippen molar-refractivity contribution in [3.8, 4) is 0 Å². The van der Waals surface area contributed by atoms with Gasteiger partial charge in [0.05, 0.1) is 16.4 Å². The highest BCUT2D eigenvalue weighted by Crippen LogP contribution is 2.30. The van der Waals surface area contributed by atoms with E-state index in [9.17, 15) is 18.3 Å². The van der Waals surface area contributed by atoms with Crippen molar-refractivity contribution in [3.63, 3.8) is 0 Å². The van der Waals surface area contributed by atoms with Crippen LogP contribution in [-0.4, -0.2) is 19.9 Å². The van der Waals surface area contributed by atoms with Gasteiger partial charge in [-0.2, -0.15) is 4.72 Å². The zero-order valence-electron chi connectivity index (χ0n) is 10.8. The molecule has 5 nitrogen and oxygen atoms in total. The molecule has 1 saturated carbocycles. The summed E-state index contributed by atoms with van der Waals surface area (Å²) in [7, 11) is -3.94. The number of aliphatic carboxylic acids is 1. The minimum atomic E-state index is -3.94. The summed E-state index contributed by atoms with van der Waals surface area (Å²) >= 11 is 5.77. The number of halogens is 1. The lowest BCUT2D eigenvalue weighted by molar-refractivity contribution is -0.314. The molecule has 0 amide bonds. The molecule has 0 aromatic heterocycles. The standard InChI is InChI=1S/C13H16ClNO4S/c14-10-5-4-6-11(9-10)20(18,19)15-13(12(16)17)7-2-1-3-8-13/h4-6,9,15H,1-3,7-8H2,(H,16,17)/p-1. The van der Waals surface area contributed by atoms with E-state index in [0.717, 1.165) is 6.42 Å². The van der Waals surface area contributed by atoms with Gasteiger partial charge in [0.2, 0.25) is 10.0 Å². The van der Waals surface area contributed by atoms with Crippen LogP contribution in [0.5, 0.6) is 0 Å². The van der Waals surface area contributed by atoms with Crippen LogP contribution in [0.1, 0.15) is 32.1 Å². The first-order valence-electron chi connectivity index (χ1n) is 6.37. The maximum Gasteiger partial charge on any atom is 0.241 e. The Kier molecular flexibility index (Phi) is 4.36. The summed E-state index contributed by atoms with van der Waals surface area (Å²) in [5, 5.41) is 11.7. The predicted molar refractivity (Wildman–Crippen MR) is 72.6 cm³/mol. The van der Waals surface area contributed by atoms with E-state index in [1.807, 2.05) is 0 Å². The topological polar surface area (TPSA) is 86.3 Å². The average molecular weight is 317 g/mol. The minimum Gasteiger partial charge on any atom is -0.548 e. The Morgan fingerprint density at radius 3 is 2.45 bits per heavy atom. The fourth-order valence-electron chi connectivity index (χ4n) is 2.45. The van der Waals surface area contributed by atoms with Crippen molar-refractivity contribution in [2.75, 3.05) is 0 Å². The minimum absolute atomic E-state index is 0.0452. The van der Waals surface area contributed by atoms with Gasteiger partial charge in [0, 0.05) is 5.02 Å². The molecule has 1 aromatic rings. The molecular formula is C13H15ClNO4S-. The van der Waals surface area contributed by atoms with Crippen LogP contribution in [0.25, 0.3) is 0 Å². The number of carbonyl (C=O) groups is 1. The van der Waals surface area contributed by atoms with Gasteiger partial charge in [0.25, 0.3) is 0 Å². The van der Waals surface area contributed by atoms with E-state index in [1.165, 1.54) is 18.2 Å². The van der Waals surface area contributed by atoms with Crippen molar-refractivity contribution in [2.45, 2.75) is 42.5 Å². The fourth-order valence-corrected chi connectivity index (χ4v) is 4.17. The average Bonchev–Trinajstić information content (AvgIpc) is 2.39. The monoisotopic (exact) mass is 316 g/mol. The molecule has 0 spiro atoms. The highest BCUT2D eigenvalue weighted by atomic mass is 35.5. The number of carboxylic acids is 1. The van der Waals surface area contributed by atoms with Gasteiger partial charge in [-0.05, 0) is 31.0 Å². The molecule has 0 aliphatic heterocycles. The molecule has 0 heterocycles. The third-order valence-electron chi connectivity index (χ3n) is 3.53. The lowest BCUT2D eigenvalue weighted by atomic mass is 9.83. The molecule has 1 aliphatic rings. The Bertz CT molecular complexity index is 609. The van der Waals surface area contributed by atoms with Gasteiger partial charge >= 0.3 is 0 Å². The van der Waals surface area contributed by atoms with Gasteiger partial charge in [-0.1, -0.05) is 36.9 Å². The SMILES string of the molecule is O=C([O-])C1(NS(=O)(=O)c2cccc(Cl)c2)CCCCC1. The number of benzene rings is 1. The molecule has 0 saturated heterocycles. The van der Waals surface area contributed by atoms with E-state index in [1.54, 1.807) is 6.07 Å². The third kappa shape index (κ3) is 3.13. The Morgan fingerprint density at radius 1 is 1.25 bits per heavy atom. The first-order chi connectivity index (χ1) is 9.36. The van der Waals surface area contributed by atoms with Crippen LogP contribution in [0.15, 0.2) is 29.2 Å². The van der Waals surface area contributed by atoms with Gasteiger partial charge in [-0.25, -0.2) is 8.42 Å².